The van der Waals surface area contributed by atoms with Crippen LogP contribution in [0.15, 0.2) is 71.8 Å². The van der Waals surface area contributed by atoms with Crippen LogP contribution in [-0.2, 0) is 4.79 Å². The van der Waals surface area contributed by atoms with Gasteiger partial charge in [-0.1, -0.05) is 54.6 Å². The molecule has 0 aliphatic carbocycles. The number of para-hydroxylation sites is 1. The molecule has 0 bridgehead atoms. The maximum Gasteiger partial charge on any atom is 0.277 e. The van der Waals surface area contributed by atoms with E-state index in [1.807, 2.05) is 54.6 Å². The fourth-order valence-electron chi connectivity index (χ4n) is 1.57. The van der Waals surface area contributed by atoms with Gasteiger partial charge in [-0.15, -0.1) is 0 Å². The van der Waals surface area contributed by atoms with Gasteiger partial charge < -0.3 is 4.74 Å². The Morgan fingerprint density at radius 3 is 2.43 bits per heavy atom. The molecule has 1 N–H and O–H groups in total. The summed E-state index contributed by atoms with van der Waals surface area (Å²) in [6.45, 7) is -0.0657. The lowest BCUT2D eigenvalue weighted by atomic mass is 10.2. The van der Waals surface area contributed by atoms with Crippen LogP contribution in [0.4, 0.5) is 0 Å². The predicted molar refractivity (Wildman–Crippen MR) is 84.0 cm³/mol. The number of benzene rings is 2. The average molecular weight is 280 g/mol. The Morgan fingerprint density at radius 1 is 1.05 bits per heavy atom. The molecule has 106 valence electrons. The van der Waals surface area contributed by atoms with Gasteiger partial charge >= 0.3 is 0 Å². The number of hydrogen-bond donors (Lipinski definition) is 1. The Labute approximate surface area is 123 Å². The number of nitrogens with zero attached hydrogens (tertiary/aromatic N) is 1. The Morgan fingerprint density at radius 2 is 1.71 bits per heavy atom. The third-order valence-electron chi connectivity index (χ3n) is 2.55. The molecule has 21 heavy (non-hydrogen) atoms. The number of carbonyl (C=O) groups excluding carboxylic acids is 1. The second kappa shape index (κ2) is 8.32. The molecule has 0 spiro atoms. The van der Waals surface area contributed by atoms with E-state index in [1.54, 1.807) is 18.2 Å². The zero-order valence-electron chi connectivity index (χ0n) is 11.5. The van der Waals surface area contributed by atoms with E-state index in [0.29, 0.717) is 5.75 Å². The largest absolute Gasteiger partial charge is 0.484 e. The van der Waals surface area contributed by atoms with Crippen molar-refractivity contribution in [3.05, 3.63) is 72.3 Å². The number of amides is 1. The topological polar surface area (TPSA) is 50.7 Å². The third kappa shape index (κ3) is 5.74. The van der Waals surface area contributed by atoms with E-state index >= 15 is 0 Å². The molecule has 2 rings (SSSR count). The van der Waals surface area contributed by atoms with E-state index in [0.717, 1.165) is 5.56 Å². The van der Waals surface area contributed by atoms with Crippen LogP contribution in [0.25, 0.3) is 6.08 Å². The molecule has 0 heterocycles. The third-order valence-corrected chi connectivity index (χ3v) is 2.55. The number of ether oxygens (including phenoxy) is 1. The Kier molecular flexibility index (Phi) is 5.76. The standard InChI is InChI=1S/C17H16N2O2/c20-17(14-21-16-11-5-2-6-12-16)19-18-13-7-10-15-8-3-1-4-9-15/h1-13H,14H2,(H,19,20). The maximum atomic E-state index is 11.5. The van der Waals surface area contributed by atoms with Crippen molar-refractivity contribution in [2.75, 3.05) is 6.61 Å². The van der Waals surface area contributed by atoms with E-state index in [4.69, 9.17) is 4.74 Å². The lowest BCUT2D eigenvalue weighted by molar-refractivity contribution is -0.123. The van der Waals surface area contributed by atoms with E-state index in [9.17, 15) is 4.79 Å². The quantitative estimate of drug-likeness (QED) is 0.653. The van der Waals surface area contributed by atoms with Crippen LogP contribution < -0.4 is 10.2 Å². The summed E-state index contributed by atoms with van der Waals surface area (Å²) in [5.74, 6) is 0.351. The second-order valence-corrected chi connectivity index (χ2v) is 4.18. The van der Waals surface area contributed by atoms with Gasteiger partial charge in [0, 0.05) is 6.21 Å². The van der Waals surface area contributed by atoms with Crippen molar-refractivity contribution in [2.45, 2.75) is 0 Å². The van der Waals surface area contributed by atoms with Crippen molar-refractivity contribution >= 4 is 18.2 Å². The molecule has 4 nitrogen and oxygen atoms in total. The summed E-state index contributed by atoms with van der Waals surface area (Å²) in [7, 11) is 0. The van der Waals surface area contributed by atoms with Gasteiger partial charge in [0.2, 0.25) is 0 Å². The summed E-state index contributed by atoms with van der Waals surface area (Å²) in [5, 5.41) is 3.81. The Hall–Kier alpha value is -2.88. The first-order valence-corrected chi connectivity index (χ1v) is 6.56. The minimum atomic E-state index is -0.303. The van der Waals surface area contributed by atoms with Crippen LogP contribution in [0.1, 0.15) is 5.56 Å². The fourth-order valence-corrected chi connectivity index (χ4v) is 1.57. The molecule has 1 amide bonds. The average Bonchev–Trinajstić information content (AvgIpc) is 2.54. The molecule has 0 aliphatic rings. The number of allylic oxidation sites excluding steroid dienone is 1. The van der Waals surface area contributed by atoms with E-state index < -0.39 is 0 Å². The van der Waals surface area contributed by atoms with Gasteiger partial charge in [-0.05, 0) is 23.8 Å². The fraction of sp³-hybridized carbons (Fsp3) is 0.0588. The first-order chi connectivity index (χ1) is 10.3. The van der Waals surface area contributed by atoms with Crippen molar-refractivity contribution in [1.82, 2.24) is 5.43 Å². The molecule has 0 radical (unpaired) electrons. The summed E-state index contributed by atoms with van der Waals surface area (Å²) in [6, 6.07) is 19.0. The number of rotatable bonds is 6. The summed E-state index contributed by atoms with van der Waals surface area (Å²) in [5.41, 5.74) is 3.47. The molecular weight excluding hydrogens is 264 g/mol. The van der Waals surface area contributed by atoms with Gasteiger partial charge in [0.05, 0.1) is 0 Å². The van der Waals surface area contributed by atoms with Gasteiger partial charge in [0.1, 0.15) is 5.75 Å². The molecule has 0 saturated carbocycles. The first-order valence-electron chi connectivity index (χ1n) is 6.56. The lowest BCUT2D eigenvalue weighted by Crippen LogP contribution is -2.24. The highest BCUT2D eigenvalue weighted by atomic mass is 16.5. The highest BCUT2D eigenvalue weighted by molar-refractivity contribution is 5.81. The zero-order chi connectivity index (χ0) is 14.8. The van der Waals surface area contributed by atoms with Crippen molar-refractivity contribution in [3.63, 3.8) is 0 Å². The van der Waals surface area contributed by atoms with Gasteiger partial charge in [-0.2, -0.15) is 5.10 Å². The number of carbonyl (C=O) groups is 1. The van der Waals surface area contributed by atoms with Crippen molar-refractivity contribution in [3.8, 4) is 5.75 Å². The Balaban J connectivity index is 1.69. The molecular formula is C17H16N2O2. The predicted octanol–water partition coefficient (Wildman–Crippen LogP) is 2.88. The SMILES string of the molecule is O=C(COc1ccccc1)NN=CC=Cc1ccccc1. The molecule has 0 fully saturated rings. The number of hydrazone groups is 1. The molecule has 0 unspecified atom stereocenters. The second-order valence-electron chi connectivity index (χ2n) is 4.18. The number of hydrogen-bond acceptors (Lipinski definition) is 3. The van der Waals surface area contributed by atoms with Crippen LogP contribution >= 0.6 is 0 Å². The zero-order valence-corrected chi connectivity index (χ0v) is 11.5. The van der Waals surface area contributed by atoms with Gasteiger partial charge in [0.15, 0.2) is 6.61 Å². The summed E-state index contributed by atoms with van der Waals surface area (Å²) >= 11 is 0. The van der Waals surface area contributed by atoms with E-state index in [2.05, 4.69) is 10.5 Å². The van der Waals surface area contributed by atoms with Crippen LogP contribution in [-0.4, -0.2) is 18.7 Å². The molecule has 0 aliphatic heterocycles. The maximum absolute atomic E-state index is 11.5. The summed E-state index contributed by atoms with van der Waals surface area (Å²) in [6.07, 6.45) is 5.18. The molecule has 0 saturated heterocycles. The molecule has 0 atom stereocenters. The molecule has 2 aromatic rings. The normalized spacial score (nSPS) is 10.9. The van der Waals surface area contributed by atoms with Crippen molar-refractivity contribution < 1.29 is 9.53 Å². The van der Waals surface area contributed by atoms with Crippen LogP contribution in [0, 0.1) is 0 Å². The smallest absolute Gasteiger partial charge is 0.277 e. The summed E-state index contributed by atoms with van der Waals surface area (Å²) < 4.78 is 5.29. The first kappa shape index (κ1) is 14.5. The highest BCUT2D eigenvalue weighted by Gasteiger charge is 1.99. The minimum Gasteiger partial charge on any atom is -0.484 e. The van der Waals surface area contributed by atoms with Crippen LogP contribution in [0.2, 0.25) is 0 Å². The minimum absolute atomic E-state index is 0.0657. The van der Waals surface area contributed by atoms with E-state index in [-0.39, 0.29) is 12.5 Å². The van der Waals surface area contributed by atoms with E-state index in [1.165, 1.54) is 6.21 Å². The molecule has 0 aromatic heterocycles. The molecule has 2 aromatic carbocycles. The lowest BCUT2D eigenvalue weighted by Gasteiger charge is -2.03. The number of nitrogens with one attached hydrogen (secondary N) is 1. The van der Waals surface area contributed by atoms with Crippen molar-refractivity contribution in [1.29, 1.82) is 0 Å². The Bertz CT molecular complexity index is 607. The van der Waals surface area contributed by atoms with Gasteiger partial charge in [-0.3, -0.25) is 4.79 Å². The van der Waals surface area contributed by atoms with Crippen LogP contribution in [0.3, 0.4) is 0 Å². The van der Waals surface area contributed by atoms with Gasteiger partial charge in [0.25, 0.3) is 5.91 Å². The monoisotopic (exact) mass is 280 g/mol. The summed E-state index contributed by atoms with van der Waals surface area (Å²) in [4.78, 5) is 11.5. The van der Waals surface area contributed by atoms with Crippen LogP contribution in [0.5, 0.6) is 5.75 Å². The molecule has 4 heteroatoms. The van der Waals surface area contributed by atoms with Crippen molar-refractivity contribution in [2.24, 2.45) is 5.10 Å². The highest BCUT2D eigenvalue weighted by Crippen LogP contribution is 2.07. The van der Waals surface area contributed by atoms with Gasteiger partial charge in [-0.25, -0.2) is 5.43 Å².